The second kappa shape index (κ2) is 9.87. The topological polar surface area (TPSA) is 83.6 Å². The van der Waals surface area contributed by atoms with Crippen LogP contribution in [0.1, 0.15) is 46.2 Å². The molecule has 2 heterocycles. The predicted octanol–water partition coefficient (Wildman–Crippen LogP) is 3.08. The zero-order valence-corrected chi connectivity index (χ0v) is 16.9. The molecule has 0 radical (unpaired) electrons. The smallest absolute Gasteiger partial charge is 0.407 e. The normalized spacial score (nSPS) is 19.2. The molecule has 0 aromatic carbocycles. The highest BCUT2D eigenvalue weighted by molar-refractivity contribution is 7.13. The van der Waals surface area contributed by atoms with Crippen molar-refractivity contribution in [2.75, 3.05) is 25.0 Å². The summed E-state index contributed by atoms with van der Waals surface area (Å²) in [5.74, 6) is 0.386. The van der Waals surface area contributed by atoms with E-state index in [-0.39, 0.29) is 18.4 Å². The molecule has 1 aromatic heterocycles. The Bertz CT molecular complexity index is 605. The van der Waals surface area contributed by atoms with Crippen molar-refractivity contribution >= 4 is 28.5 Å². The molecule has 0 aliphatic carbocycles. The van der Waals surface area contributed by atoms with Gasteiger partial charge >= 0.3 is 6.09 Å². The maximum absolute atomic E-state index is 12.5. The summed E-state index contributed by atoms with van der Waals surface area (Å²) in [5.41, 5.74) is 0.971. The molecule has 0 saturated carbocycles. The van der Waals surface area contributed by atoms with Gasteiger partial charge in [-0.3, -0.25) is 9.69 Å². The number of alkyl carbamates (subject to hydrolysis) is 1. The van der Waals surface area contributed by atoms with Gasteiger partial charge in [-0.25, -0.2) is 9.78 Å². The van der Waals surface area contributed by atoms with E-state index in [2.05, 4.69) is 27.4 Å². The third-order valence-electron chi connectivity index (χ3n) is 4.41. The Morgan fingerprint density at radius 1 is 1.46 bits per heavy atom. The maximum Gasteiger partial charge on any atom is 0.407 e. The van der Waals surface area contributed by atoms with Crippen molar-refractivity contribution in [3.05, 3.63) is 11.1 Å². The summed E-state index contributed by atoms with van der Waals surface area (Å²) in [6, 6.07) is -0.663. The van der Waals surface area contributed by atoms with Gasteiger partial charge in [-0.15, -0.1) is 11.3 Å². The van der Waals surface area contributed by atoms with Crippen molar-refractivity contribution in [2.24, 2.45) is 11.8 Å². The number of thiazole rings is 1. The van der Waals surface area contributed by atoms with Gasteiger partial charge in [-0.05, 0) is 38.1 Å². The fraction of sp³-hybridized carbons (Fsp3) is 0.722. The van der Waals surface area contributed by atoms with E-state index in [4.69, 9.17) is 4.74 Å². The summed E-state index contributed by atoms with van der Waals surface area (Å²) in [6.45, 7) is 11.0. The number of nitrogens with zero attached hydrogens (tertiary/aromatic N) is 2. The summed E-state index contributed by atoms with van der Waals surface area (Å²) in [6.07, 6.45) is 1.93. The third kappa shape index (κ3) is 6.25. The van der Waals surface area contributed by atoms with Gasteiger partial charge in [0.15, 0.2) is 5.13 Å². The van der Waals surface area contributed by atoms with E-state index < -0.39 is 12.1 Å². The summed E-state index contributed by atoms with van der Waals surface area (Å²) in [7, 11) is 0. The van der Waals surface area contributed by atoms with Gasteiger partial charge in [0.2, 0.25) is 5.91 Å². The quantitative estimate of drug-likeness (QED) is 0.757. The molecule has 7 nitrogen and oxygen atoms in total. The number of amides is 2. The molecule has 26 heavy (non-hydrogen) atoms. The van der Waals surface area contributed by atoms with Crippen LogP contribution >= 0.6 is 11.3 Å². The van der Waals surface area contributed by atoms with Crippen LogP contribution in [0.4, 0.5) is 9.93 Å². The van der Waals surface area contributed by atoms with Crippen molar-refractivity contribution in [3.8, 4) is 0 Å². The number of rotatable bonds is 7. The van der Waals surface area contributed by atoms with Crippen LogP contribution in [-0.2, 0) is 16.1 Å². The fourth-order valence-electron chi connectivity index (χ4n) is 3.11. The zero-order chi connectivity index (χ0) is 19.1. The van der Waals surface area contributed by atoms with Gasteiger partial charge in [0.25, 0.3) is 0 Å². The molecule has 8 heteroatoms. The molecule has 0 bridgehead atoms. The number of nitrogens with one attached hydrogen (secondary N) is 2. The molecular weight excluding hydrogens is 352 g/mol. The highest BCUT2D eigenvalue weighted by atomic mass is 32.1. The van der Waals surface area contributed by atoms with Crippen LogP contribution in [0.25, 0.3) is 0 Å². The Balaban J connectivity index is 1.91. The highest BCUT2D eigenvalue weighted by Gasteiger charge is 2.25. The van der Waals surface area contributed by atoms with E-state index in [9.17, 15) is 9.59 Å². The van der Waals surface area contributed by atoms with E-state index in [1.165, 1.54) is 24.2 Å². The van der Waals surface area contributed by atoms with Crippen LogP contribution < -0.4 is 10.6 Å². The van der Waals surface area contributed by atoms with Crippen LogP contribution in [-0.4, -0.2) is 47.6 Å². The molecular formula is C18H30N4O3S. The van der Waals surface area contributed by atoms with Gasteiger partial charge < -0.3 is 15.4 Å². The number of carbonyl (C=O) groups excluding carboxylic acids is 2. The Hall–Kier alpha value is -1.67. The molecule has 1 aliphatic rings. The first-order valence-electron chi connectivity index (χ1n) is 9.30. The Kier molecular flexibility index (Phi) is 7.84. The second-order valence-electron chi connectivity index (χ2n) is 7.20. The number of carbonyl (C=O) groups is 2. The first kappa shape index (κ1) is 20.6. The lowest BCUT2D eigenvalue weighted by Gasteiger charge is -2.30. The van der Waals surface area contributed by atoms with Crippen LogP contribution in [0.15, 0.2) is 5.38 Å². The average molecular weight is 383 g/mol. The molecule has 2 unspecified atom stereocenters. The minimum atomic E-state index is -0.663. The zero-order valence-electron chi connectivity index (χ0n) is 16.1. The third-order valence-corrected chi connectivity index (χ3v) is 5.21. The summed E-state index contributed by atoms with van der Waals surface area (Å²) in [5, 5.41) is 7.97. The molecule has 2 N–H and O–H groups in total. The first-order valence-corrected chi connectivity index (χ1v) is 10.2. The Labute approximate surface area is 159 Å². The van der Waals surface area contributed by atoms with Crippen LogP contribution in [0, 0.1) is 11.8 Å². The minimum absolute atomic E-state index is 0.0614. The van der Waals surface area contributed by atoms with E-state index in [1.54, 1.807) is 6.92 Å². The van der Waals surface area contributed by atoms with Crippen molar-refractivity contribution in [2.45, 2.75) is 53.1 Å². The highest BCUT2D eigenvalue weighted by Crippen LogP contribution is 2.21. The average Bonchev–Trinajstić information content (AvgIpc) is 2.99. The number of anilines is 1. The van der Waals surface area contributed by atoms with E-state index in [1.807, 2.05) is 19.2 Å². The van der Waals surface area contributed by atoms with Crippen molar-refractivity contribution < 1.29 is 14.3 Å². The molecule has 1 saturated heterocycles. The number of hydrogen-bond acceptors (Lipinski definition) is 6. The molecule has 2 amide bonds. The Morgan fingerprint density at radius 3 is 2.88 bits per heavy atom. The SMILES string of the molecule is CCOC(=O)NC(C(=O)Nc1nc(CN2CCCC(C)C2)cs1)C(C)C. The number of hydrogen-bond donors (Lipinski definition) is 2. The number of ether oxygens (including phenoxy) is 1. The standard InChI is InChI=1S/C18H30N4O3S/c1-5-25-18(24)20-15(12(2)3)16(23)21-17-19-14(11-26-17)10-22-8-6-7-13(4)9-22/h11-13,15H,5-10H2,1-4H3,(H,20,24)(H,19,21,23). The molecule has 1 aromatic rings. The van der Waals surface area contributed by atoms with E-state index in [0.717, 1.165) is 31.2 Å². The van der Waals surface area contributed by atoms with Crippen molar-refractivity contribution in [1.82, 2.24) is 15.2 Å². The molecule has 1 aliphatic heterocycles. The lowest BCUT2D eigenvalue weighted by atomic mass is 10.0. The van der Waals surface area contributed by atoms with E-state index >= 15 is 0 Å². The maximum atomic E-state index is 12.5. The lowest BCUT2D eigenvalue weighted by Crippen LogP contribution is -2.47. The van der Waals surface area contributed by atoms with Crippen molar-refractivity contribution in [3.63, 3.8) is 0 Å². The molecule has 146 valence electrons. The molecule has 2 rings (SSSR count). The molecule has 0 spiro atoms. The van der Waals surface area contributed by atoms with Gasteiger partial charge in [-0.1, -0.05) is 20.8 Å². The lowest BCUT2D eigenvalue weighted by molar-refractivity contribution is -0.119. The van der Waals surface area contributed by atoms with Crippen LogP contribution in [0.5, 0.6) is 0 Å². The van der Waals surface area contributed by atoms with Crippen molar-refractivity contribution in [1.29, 1.82) is 0 Å². The largest absolute Gasteiger partial charge is 0.450 e. The molecule has 2 atom stereocenters. The first-order chi connectivity index (χ1) is 12.4. The van der Waals surface area contributed by atoms with E-state index in [0.29, 0.717) is 5.13 Å². The van der Waals surface area contributed by atoms with Gasteiger partial charge in [0, 0.05) is 18.5 Å². The number of aromatic nitrogens is 1. The second-order valence-corrected chi connectivity index (χ2v) is 8.06. The summed E-state index contributed by atoms with van der Waals surface area (Å²) < 4.78 is 4.87. The van der Waals surface area contributed by atoms with Crippen LogP contribution in [0.2, 0.25) is 0 Å². The number of likely N-dealkylation sites (tertiary alicyclic amines) is 1. The fourth-order valence-corrected chi connectivity index (χ4v) is 3.82. The minimum Gasteiger partial charge on any atom is -0.450 e. The summed E-state index contributed by atoms with van der Waals surface area (Å²) >= 11 is 1.41. The predicted molar refractivity (Wildman–Crippen MR) is 103 cm³/mol. The summed E-state index contributed by atoms with van der Waals surface area (Å²) in [4.78, 5) is 31.1. The van der Waals surface area contributed by atoms with Gasteiger partial charge in [0.05, 0.1) is 12.3 Å². The van der Waals surface area contributed by atoms with Crippen LogP contribution in [0.3, 0.4) is 0 Å². The Morgan fingerprint density at radius 2 is 2.23 bits per heavy atom. The van der Waals surface area contributed by atoms with Gasteiger partial charge in [-0.2, -0.15) is 0 Å². The molecule has 1 fully saturated rings. The monoisotopic (exact) mass is 382 g/mol. The number of piperidine rings is 1. The van der Waals surface area contributed by atoms with Gasteiger partial charge in [0.1, 0.15) is 6.04 Å².